The number of nitrogens with one attached hydrogen (secondary N) is 1. The first-order valence-electron chi connectivity index (χ1n) is 5.54. The predicted octanol–water partition coefficient (Wildman–Crippen LogP) is 1.12. The molecular formula is C12H12N4O2S. The zero-order chi connectivity index (χ0) is 13.7. The van der Waals surface area contributed by atoms with Crippen LogP contribution in [0, 0.1) is 11.3 Å². The number of nitriles is 1. The van der Waals surface area contributed by atoms with Crippen LogP contribution in [0.5, 0.6) is 0 Å². The van der Waals surface area contributed by atoms with Crippen LogP contribution >= 0.6 is 0 Å². The van der Waals surface area contributed by atoms with Gasteiger partial charge in [0, 0.05) is 12.7 Å². The number of H-pyrrole nitrogens is 1. The summed E-state index contributed by atoms with van der Waals surface area (Å²) in [5.41, 5.74) is 0.824. The molecule has 1 aromatic carbocycles. The van der Waals surface area contributed by atoms with Crippen LogP contribution < -0.4 is 0 Å². The summed E-state index contributed by atoms with van der Waals surface area (Å²) in [6.45, 7) is -0.0513. The Morgan fingerprint density at radius 3 is 2.63 bits per heavy atom. The van der Waals surface area contributed by atoms with Gasteiger partial charge in [-0.05, 0) is 5.56 Å². The Morgan fingerprint density at radius 1 is 1.32 bits per heavy atom. The average molecular weight is 276 g/mol. The Morgan fingerprint density at radius 2 is 2.05 bits per heavy atom. The van der Waals surface area contributed by atoms with Crippen molar-refractivity contribution in [2.45, 2.75) is 11.4 Å². The molecule has 7 heteroatoms. The second kappa shape index (κ2) is 5.65. The monoisotopic (exact) mass is 276 g/mol. The summed E-state index contributed by atoms with van der Waals surface area (Å²) < 4.78 is 25.7. The normalized spacial score (nSPS) is 11.4. The molecule has 19 heavy (non-hydrogen) atoms. The fourth-order valence-corrected chi connectivity index (χ4v) is 2.85. The van der Waals surface area contributed by atoms with Gasteiger partial charge in [-0.15, -0.1) is 0 Å². The van der Waals surface area contributed by atoms with Crippen molar-refractivity contribution in [2.75, 3.05) is 6.54 Å². The Kier molecular flexibility index (Phi) is 3.94. The number of hydrogen-bond donors (Lipinski definition) is 1. The van der Waals surface area contributed by atoms with Crippen molar-refractivity contribution in [3.8, 4) is 6.07 Å². The van der Waals surface area contributed by atoms with E-state index in [9.17, 15) is 8.42 Å². The highest BCUT2D eigenvalue weighted by Gasteiger charge is 2.25. The van der Waals surface area contributed by atoms with Gasteiger partial charge < -0.3 is 0 Å². The number of rotatable bonds is 5. The number of benzene rings is 1. The quantitative estimate of drug-likeness (QED) is 0.829. The molecule has 0 radical (unpaired) electrons. The van der Waals surface area contributed by atoms with Crippen molar-refractivity contribution < 1.29 is 8.42 Å². The third-order valence-electron chi connectivity index (χ3n) is 2.56. The van der Waals surface area contributed by atoms with Gasteiger partial charge >= 0.3 is 0 Å². The molecule has 0 bridgehead atoms. The topological polar surface area (TPSA) is 89.8 Å². The highest BCUT2D eigenvalue weighted by Crippen LogP contribution is 2.16. The molecule has 1 heterocycles. The number of sulfonamides is 1. The summed E-state index contributed by atoms with van der Waals surface area (Å²) >= 11 is 0. The van der Waals surface area contributed by atoms with E-state index in [0.29, 0.717) is 0 Å². The molecule has 0 saturated carbocycles. The van der Waals surface area contributed by atoms with Gasteiger partial charge in [0.2, 0.25) is 10.0 Å². The summed E-state index contributed by atoms with van der Waals surface area (Å²) in [7, 11) is -3.70. The average Bonchev–Trinajstić information content (AvgIpc) is 2.94. The lowest BCUT2D eigenvalue weighted by Crippen LogP contribution is -2.30. The minimum atomic E-state index is -3.70. The number of hydrogen-bond acceptors (Lipinski definition) is 4. The Labute approximate surface area is 111 Å². The largest absolute Gasteiger partial charge is 0.284 e. The minimum Gasteiger partial charge on any atom is -0.284 e. The smallest absolute Gasteiger partial charge is 0.247 e. The SMILES string of the molecule is N#CCN(Cc1ccccc1)S(=O)(=O)c1cn[nH]c1. The van der Waals surface area contributed by atoms with Crippen LogP contribution in [0.4, 0.5) is 0 Å². The zero-order valence-electron chi connectivity index (χ0n) is 10.0. The van der Waals surface area contributed by atoms with Crippen LogP contribution in [0.25, 0.3) is 0 Å². The Hall–Kier alpha value is -2.17. The second-order valence-corrected chi connectivity index (χ2v) is 5.79. The van der Waals surface area contributed by atoms with Crippen molar-refractivity contribution in [1.29, 1.82) is 5.26 Å². The van der Waals surface area contributed by atoms with Gasteiger partial charge in [-0.25, -0.2) is 8.42 Å². The highest BCUT2D eigenvalue weighted by molar-refractivity contribution is 7.89. The van der Waals surface area contributed by atoms with Crippen molar-refractivity contribution in [1.82, 2.24) is 14.5 Å². The molecule has 0 saturated heterocycles. The number of aromatic nitrogens is 2. The van der Waals surface area contributed by atoms with Crippen molar-refractivity contribution in [3.63, 3.8) is 0 Å². The molecule has 0 atom stereocenters. The zero-order valence-corrected chi connectivity index (χ0v) is 10.8. The third kappa shape index (κ3) is 2.99. The van der Waals surface area contributed by atoms with Gasteiger partial charge in [0.15, 0.2) is 0 Å². The molecule has 0 aliphatic heterocycles. The highest BCUT2D eigenvalue weighted by atomic mass is 32.2. The van der Waals surface area contributed by atoms with E-state index >= 15 is 0 Å². The lowest BCUT2D eigenvalue weighted by atomic mass is 10.2. The van der Waals surface area contributed by atoms with E-state index in [1.807, 2.05) is 36.4 Å². The molecule has 1 aromatic heterocycles. The van der Waals surface area contributed by atoms with E-state index in [1.54, 1.807) is 0 Å². The molecule has 1 N–H and O–H groups in total. The summed E-state index contributed by atoms with van der Waals surface area (Å²) in [6, 6.07) is 11.0. The first-order chi connectivity index (χ1) is 9.14. The standard InChI is InChI=1S/C12H12N4O2S/c13-6-7-16(10-11-4-2-1-3-5-11)19(17,18)12-8-14-15-9-12/h1-5,8-9H,7,10H2,(H,14,15). The fraction of sp³-hybridized carbons (Fsp3) is 0.167. The molecule has 0 amide bonds. The van der Waals surface area contributed by atoms with E-state index in [2.05, 4.69) is 10.2 Å². The summed E-state index contributed by atoms with van der Waals surface area (Å²) in [5.74, 6) is 0. The van der Waals surface area contributed by atoms with Gasteiger partial charge in [-0.2, -0.15) is 14.7 Å². The second-order valence-electron chi connectivity index (χ2n) is 3.85. The molecule has 0 fully saturated rings. The van der Waals surface area contributed by atoms with Crippen LogP contribution in [-0.4, -0.2) is 29.5 Å². The summed E-state index contributed by atoms with van der Waals surface area (Å²) in [4.78, 5) is 0.0543. The van der Waals surface area contributed by atoms with E-state index in [1.165, 1.54) is 12.4 Å². The van der Waals surface area contributed by atoms with Gasteiger partial charge in [0.05, 0.1) is 12.3 Å². The maximum atomic E-state index is 12.3. The van der Waals surface area contributed by atoms with E-state index < -0.39 is 10.0 Å². The van der Waals surface area contributed by atoms with Crippen LogP contribution in [-0.2, 0) is 16.6 Å². The van der Waals surface area contributed by atoms with Crippen LogP contribution in [0.15, 0.2) is 47.6 Å². The maximum absolute atomic E-state index is 12.3. The van der Waals surface area contributed by atoms with Crippen molar-refractivity contribution in [3.05, 3.63) is 48.3 Å². The van der Waals surface area contributed by atoms with Crippen molar-refractivity contribution >= 4 is 10.0 Å². The summed E-state index contributed by atoms with van der Waals surface area (Å²) in [5, 5.41) is 14.9. The molecule has 6 nitrogen and oxygen atoms in total. The number of aromatic amines is 1. The third-order valence-corrected chi connectivity index (χ3v) is 4.32. The number of nitrogens with zero attached hydrogens (tertiary/aromatic N) is 3. The lowest BCUT2D eigenvalue weighted by Gasteiger charge is -2.18. The van der Waals surface area contributed by atoms with Gasteiger partial charge in [0.1, 0.15) is 11.4 Å². The van der Waals surface area contributed by atoms with E-state index in [0.717, 1.165) is 9.87 Å². The molecular weight excluding hydrogens is 264 g/mol. The first-order valence-corrected chi connectivity index (χ1v) is 6.98. The van der Waals surface area contributed by atoms with Gasteiger partial charge in [-0.3, -0.25) is 5.10 Å². The fourth-order valence-electron chi connectivity index (χ4n) is 1.62. The van der Waals surface area contributed by atoms with Gasteiger partial charge in [0.25, 0.3) is 0 Å². The van der Waals surface area contributed by atoms with Crippen molar-refractivity contribution in [2.24, 2.45) is 0 Å². The maximum Gasteiger partial charge on any atom is 0.247 e. The van der Waals surface area contributed by atoms with E-state index in [4.69, 9.17) is 5.26 Å². The Bertz CT molecular complexity index is 660. The van der Waals surface area contributed by atoms with Gasteiger partial charge in [-0.1, -0.05) is 30.3 Å². The molecule has 2 aromatic rings. The first kappa shape index (κ1) is 13.3. The molecule has 0 aliphatic rings. The Balaban J connectivity index is 2.29. The molecule has 0 aliphatic carbocycles. The molecule has 98 valence electrons. The van der Waals surface area contributed by atoms with Crippen LogP contribution in [0.3, 0.4) is 0 Å². The van der Waals surface area contributed by atoms with Crippen LogP contribution in [0.1, 0.15) is 5.56 Å². The van der Waals surface area contributed by atoms with E-state index in [-0.39, 0.29) is 18.0 Å². The molecule has 0 spiro atoms. The molecule has 0 unspecified atom stereocenters. The summed E-state index contributed by atoms with van der Waals surface area (Å²) in [6.07, 6.45) is 2.52. The molecule has 2 rings (SSSR count). The van der Waals surface area contributed by atoms with Crippen LogP contribution in [0.2, 0.25) is 0 Å². The minimum absolute atomic E-state index is 0.0543. The lowest BCUT2D eigenvalue weighted by molar-refractivity contribution is 0.441. The predicted molar refractivity (Wildman–Crippen MR) is 68.2 cm³/mol.